The van der Waals surface area contributed by atoms with Crippen LogP contribution in [0.15, 0.2) is 48.7 Å². The molecular formula is C17H11FN2O. The lowest BCUT2D eigenvalue weighted by atomic mass is 10.0. The lowest BCUT2D eigenvalue weighted by Crippen LogP contribution is -2.02. The number of hydrogen-bond acceptors (Lipinski definition) is 2. The van der Waals surface area contributed by atoms with E-state index in [1.807, 2.05) is 0 Å². The Hall–Kier alpha value is -2.93. The highest BCUT2D eigenvalue weighted by Gasteiger charge is 2.13. The molecule has 3 nitrogen and oxygen atoms in total. The number of benzene rings is 2. The van der Waals surface area contributed by atoms with Gasteiger partial charge in [0.2, 0.25) is 0 Å². The maximum Gasteiger partial charge on any atom is 0.169 e. The molecule has 0 saturated heterocycles. The van der Waals surface area contributed by atoms with E-state index < -0.39 is 0 Å². The van der Waals surface area contributed by atoms with Crippen LogP contribution in [0.4, 0.5) is 4.39 Å². The van der Waals surface area contributed by atoms with Crippen molar-refractivity contribution in [2.45, 2.75) is 6.42 Å². The van der Waals surface area contributed by atoms with Crippen LogP contribution in [-0.2, 0) is 6.42 Å². The third kappa shape index (κ3) is 2.54. The van der Waals surface area contributed by atoms with Gasteiger partial charge < -0.3 is 4.98 Å². The highest BCUT2D eigenvalue weighted by atomic mass is 19.1. The third-order valence-corrected chi connectivity index (χ3v) is 3.39. The van der Waals surface area contributed by atoms with E-state index in [0.29, 0.717) is 11.1 Å². The van der Waals surface area contributed by atoms with Crippen molar-refractivity contribution in [1.82, 2.24) is 4.98 Å². The molecule has 2 aromatic carbocycles. The molecule has 0 atom stereocenters. The highest BCUT2D eigenvalue weighted by molar-refractivity contribution is 6.08. The van der Waals surface area contributed by atoms with Gasteiger partial charge in [-0.3, -0.25) is 4.79 Å². The molecule has 1 heterocycles. The number of aromatic amines is 1. The van der Waals surface area contributed by atoms with E-state index in [4.69, 9.17) is 5.26 Å². The molecule has 0 unspecified atom stereocenters. The van der Waals surface area contributed by atoms with Gasteiger partial charge in [-0.25, -0.2) is 4.39 Å². The van der Waals surface area contributed by atoms with Crippen molar-refractivity contribution in [3.8, 4) is 6.07 Å². The largest absolute Gasteiger partial charge is 0.360 e. The van der Waals surface area contributed by atoms with Crippen molar-refractivity contribution >= 4 is 16.7 Å². The summed E-state index contributed by atoms with van der Waals surface area (Å²) >= 11 is 0. The Morgan fingerprint density at radius 3 is 2.67 bits per heavy atom. The number of H-pyrrole nitrogens is 1. The molecule has 0 aliphatic heterocycles. The van der Waals surface area contributed by atoms with Crippen LogP contribution < -0.4 is 0 Å². The van der Waals surface area contributed by atoms with Crippen molar-refractivity contribution in [1.29, 1.82) is 5.26 Å². The molecule has 21 heavy (non-hydrogen) atoms. The van der Waals surface area contributed by atoms with E-state index in [0.717, 1.165) is 16.5 Å². The second-order valence-corrected chi connectivity index (χ2v) is 4.80. The molecule has 0 radical (unpaired) electrons. The summed E-state index contributed by atoms with van der Waals surface area (Å²) in [5.41, 5.74) is 2.65. The summed E-state index contributed by atoms with van der Waals surface area (Å²) in [6.45, 7) is 0. The Bertz CT molecular complexity index is 857. The normalized spacial score (nSPS) is 10.5. The molecule has 4 heteroatoms. The fourth-order valence-corrected chi connectivity index (χ4v) is 2.31. The second kappa shape index (κ2) is 5.22. The van der Waals surface area contributed by atoms with Crippen LogP contribution in [0, 0.1) is 17.1 Å². The maximum atomic E-state index is 12.9. The number of carbonyl (C=O) groups excluding carboxylic acids is 1. The van der Waals surface area contributed by atoms with E-state index in [1.54, 1.807) is 36.5 Å². The van der Waals surface area contributed by atoms with Crippen molar-refractivity contribution in [2.24, 2.45) is 0 Å². The summed E-state index contributed by atoms with van der Waals surface area (Å²) in [4.78, 5) is 15.4. The van der Waals surface area contributed by atoms with E-state index in [1.165, 1.54) is 12.1 Å². The van der Waals surface area contributed by atoms with E-state index in [9.17, 15) is 9.18 Å². The fraction of sp³-hybridized carbons (Fsp3) is 0.0588. The molecule has 0 aliphatic carbocycles. The van der Waals surface area contributed by atoms with Gasteiger partial charge in [0.25, 0.3) is 0 Å². The average Bonchev–Trinajstić information content (AvgIpc) is 2.92. The Kier molecular flexibility index (Phi) is 3.25. The summed E-state index contributed by atoms with van der Waals surface area (Å²) < 4.78 is 12.9. The summed E-state index contributed by atoms with van der Waals surface area (Å²) in [5.74, 6) is -0.361. The van der Waals surface area contributed by atoms with Crippen LogP contribution in [0.1, 0.15) is 21.5 Å². The lowest BCUT2D eigenvalue weighted by Gasteiger charge is -2.01. The predicted octanol–water partition coefficient (Wildman–Crippen LogP) is 3.60. The number of nitriles is 1. The summed E-state index contributed by atoms with van der Waals surface area (Å²) in [6, 6.07) is 13.1. The van der Waals surface area contributed by atoms with Crippen LogP contribution in [0.5, 0.6) is 0 Å². The summed E-state index contributed by atoms with van der Waals surface area (Å²) in [7, 11) is 0. The number of fused-ring (bicyclic) bond motifs is 1. The molecule has 0 fully saturated rings. The number of carbonyl (C=O) groups is 1. The Morgan fingerprint density at radius 2 is 1.95 bits per heavy atom. The molecule has 0 bridgehead atoms. The number of hydrogen-bond donors (Lipinski definition) is 1. The Morgan fingerprint density at radius 1 is 1.19 bits per heavy atom. The molecule has 0 saturated carbocycles. The van der Waals surface area contributed by atoms with Crippen LogP contribution in [0.25, 0.3) is 10.9 Å². The zero-order valence-corrected chi connectivity index (χ0v) is 11.1. The van der Waals surface area contributed by atoms with Gasteiger partial charge in [-0.1, -0.05) is 18.2 Å². The predicted molar refractivity (Wildman–Crippen MR) is 77.4 cm³/mol. The number of aromatic nitrogens is 1. The number of nitrogens with one attached hydrogen (secondary N) is 1. The lowest BCUT2D eigenvalue weighted by molar-refractivity contribution is 0.0994. The van der Waals surface area contributed by atoms with E-state index >= 15 is 0 Å². The number of nitrogens with zero attached hydrogens (tertiary/aromatic N) is 1. The molecule has 0 aliphatic rings. The van der Waals surface area contributed by atoms with Crippen molar-refractivity contribution in [2.75, 3.05) is 0 Å². The van der Waals surface area contributed by atoms with Crippen LogP contribution >= 0.6 is 0 Å². The molecule has 102 valence electrons. The average molecular weight is 278 g/mol. The third-order valence-electron chi connectivity index (χ3n) is 3.39. The van der Waals surface area contributed by atoms with Gasteiger partial charge in [-0.2, -0.15) is 5.26 Å². The monoisotopic (exact) mass is 278 g/mol. The van der Waals surface area contributed by atoms with Gasteiger partial charge in [0.1, 0.15) is 5.82 Å². The first kappa shape index (κ1) is 13.1. The van der Waals surface area contributed by atoms with Gasteiger partial charge in [0, 0.05) is 29.1 Å². The zero-order chi connectivity index (χ0) is 14.8. The number of halogens is 1. The van der Waals surface area contributed by atoms with Crippen LogP contribution in [-0.4, -0.2) is 10.8 Å². The first-order valence-electron chi connectivity index (χ1n) is 6.46. The molecular weight excluding hydrogens is 267 g/mol. The first-order chi connectivity index (χ1) is 10.2. The standard InChI is InChI=1S/C17H11FN2O/c18-13-4-1-11(2-5-13)8-17(21)15-10-20-16-7-12(9-19)3-6-14(15)16/h1-7,10,20H,8H2. The Balaban J connectivity index is 1.91. The maximum absolute atomic E-state index is 12.9. The van der Waals surface area contributed by atoms with Gasteiger partial charge >= 0.3 is 0 Å². The zero-order valence-electron chi connectivity index (χ0n) is 11.1. The van der Waals surface area contributed by atoms with Gasteiger partial charge in [0.05, 0.1) is 11.6 Å². The molecule has 0 amide bonds. The van der Waals surface area contributed by atoms with Gasteiger partial charge in [0.15, 0.2) is 5.78 Å². The minimum Gasteiger partial charge on any atom is -0.360 e. The second-order valence-electron chi connectivity index (χ2n) is 4.80. The molecule has 3 rings (SSSR count). The summed E-state index contributed by atoms with van der Waals surface area (Å²) in [6.07, 6.45) is 1.87. The SMILES string of the molecule is N#Cc1ccc2c(C(=O)Cc3ccc(F)cc3)c[nH]c2c1. The van der Waals surface area contributed by atoms with E-state index in [-0.39, 0.29) is 18.0 Å². The van der Waals surface area contributed by atoms with Crippen LogP contribution in [0.2, 0.25) is 0 Å². The van der Waals surface area contributed by atoms with Crippen molar-refractivity contribution in [3.63, 3.8) is 0 Å². The smallest absolute Gasteiger partial charge is 0.169 e. The quantitative estimate of drug-likeness (QED) is 0.744. The molecule has 1 aromatic heterocycles. The minimum atomic E-state index is -0.317. The Labute approximate surface area is 120 Å². The van der Waals surface area contributed by atoms with E-state index in [2.05, 4.69) is 11.1 Å². The molecule has 1 N–H and O–H groups in total. The number of ketones is 1. The summed E-state index contributed by atoms with van der Waals surface area (Å²) in [5, 5.41) is 9.66. The van der Waals surface area contributed by atoms with Crippen LogP contribution in [0.3, 0.4) is 0 Å². The molecule has 3 aromatic rings. The topological polar surface area (TPSA) is 56.6 Å². The highest BCUT2D eigenvalue weighted by Crippen LogP contribution is 2.21. The minimum absolute atomic E-state index is 0.0439. The van der Waals surface area contributed by atoms with Crippen molar-refractivity contribution in [3.05, 3.63) is 71.2 Å². The van der Waals surface area contributed by atoms with Gasteiger partial charge in [-0.05, 0) is 29.8 Å². The van der Waals surface area contributed by atoms with Gasteiger partial charge in [-0.15, -0.1) is 0 Å². The fourth-order valence-electron chi connectivity index (χ4n) is 2.31. The van der Waals surface area contributed by atoms with Crippen molar-refractivity contribution < 1.29 is 9.18 Å². The first-order valence-corrected chi connectivity index (χ1v) is 6.46. The molecule has 0 spiro atoms. The number of rotatable bonds is 3. The number of Topliss-reactive ketones (excluding diaryl/α,β-unsaturated/α-hetero) is 1.